The molecular formula is C26H22N4O4. The van der Waals surface area contributed by atoms with Gasteiger partial charge in [0.1, 0.15) is 5.76 Å². The van der Waals surface area contributed by atoms with Crippen LogP contribution in [0.4, 0.5) is 0 Å². The van der Waals surface area contributed by atoms with Crippen molar-refractivity contribution in [3.8, 4) is 28.1 Å². The molecule has 0 unspecified atom stereocenters. The quantitative estimate of drug-likeness (QED) is 0.379. The number of nitrogens with zero attached hydrogens (tertiary/aromatic N) is 4. The summed E-state index contributed by atoms with van der Waals surface area (Å²) in [7, 11) is 1.59. The van der Waals surface area contributed by atoms with Crippen molar-refractivity contribution in [2.45, 2.75) is 20.4 Å². The van der Waals surface area contributed by atoms with Crippen molar-refractivity contribution in [3.05, 3.63) is 83.6 Å². The molecule has 0 saturated heterocycles. The number of methoxy groups -OCH3 is 1. The Morgan fingerprint density at radius 1 is 1.12 bits per heavy atom. The lowest BCUT2D eigenvalue weighted by Gasteiger charge is -2.07. The zero-order valence-corrected chi connectivity index (χ0v) is 18.9. The average molecular weight is 454 g/mol. The van der Waals surface area contributed by atoms with E-state index in [9.17, 15) is 9.90 Å². The van der Waals surface area contributed by atoms with Crippen LogP contribution in [0.2, 0.25) is 0 Å². The van der Waals surface area contributed by atoms with Gasteiger partial charge < -0.3 is 18.9 Å². The van der Waals surface area contributed by atoms with Gasteiger partial charge in [0.15, 0.2) is 0 Å². The fourth-order valence-electron chi connectivity index (χ4n) is 4.17. The van der Waals surface area contributed by atoms with Crippen molar-refractivity contribution < 1.29 is 19.2 Å². The van der Waals surface area contributed by atoms with E-state index < -0.39 is 5.97 Å². The van der Waals surface area contributed by atoms with Crippen LogP contribution in [-0.4, -0.2) is 37.9 Å². The molecule has 8 heteroatoms. The summed E-state index contributed by atoms with van der Waals surface area (Å²) < 4.78 is 12.7. The largest absolute Gasteiger partial charge is 0.481 e. The fraction of sp³-hybridized carbons (Fsp3) is 0.154. The first-order valence-electron chi connectivity index (χ1n) is 10.7. The van der Waals surface area contributed by atoms with Crippen molar-refractivity contribution >= 4 is 17.0 Å². The van der Waals surface area contributed by atoms with Crippen LogP contribution in [0.1, 0.15) is 27.5 Å². The van der Waals surface area contributed by atoms with E-state index in [-0.39, 0.29) is 5.56 Å². The second-order valence-corrected chi connectivity index (χ2v) is 8.02. The van der Waals surface area contributed by atoms with Crippen LogP contribution in [0.25, 0.3) is 33.3 Å². The molecule has 34 heavy (non-hydrogen) atoms. The third-order valence-corrected chi connectivity index (χ3v) is 5.80. The normalized spacial score (nSPS) is 11.1. The first kappa shape index (κ1) is 21.4. The third-order valence-electron chi connectivity index (χ3n) is 5.80. The van der Waals surface area contributed by atoms with Crippen molar-refractivity contribution in [1.29, 1.82) is 0 Å². The first-order chi connectivity index (χ1) is 16.4. The number of aryl methyl sites for hydroxylation is 2. The molecule has 0 aliphatic carbocycles. The molecule has 1 aromatic carbocycles. The maximum atomic E-state index is 11.3. The Morgan fingerprint density at radius 3 is 2.59 bits per heavy atom. The van der Waals surface area contributed by atoms with Crippen LogP contribution >= 0.6 is 0 Å². The standard InChI is InChI=1S/C26H22N4O4/c1-15-24(16(2)34-29-15)19-11-22-25(27-12-19)21(17-7-9-18(10-8-17)26(31)32)14-30(22)13-20-5-4-6-23(28-20)33-3/h4-12,14H,13H2,1-3H3,(H,31,32). The van der Waals surface area contributed by atoms with Crippen LogP contribution in [0, 0.1) is 13.8 Å². The van der Waals surface area contributed by atoms with E-state index in [0.717, 1.165) is 50.4 Å². The topological polar surface area (TPSA) is 103 Å². The second kappa shape index (κ2) is 8.47. The summed E-state index contributed by atoms with van der Waals surface area (Å²) in [6, 6.07) is 14.5. The number of hydrogen-bond donors (Lipinski definition) is 1. The molecule has 8 nitrogen and oxygen atoms in total. The average Bonchev–Trinajstić information content (AvgIpc) is 3.38. The van der Waals surface area contributed by atoms with Crippen molar-refractivity contribution in [1.82, 2.24) is 19.7 Å². The molecule has 0 radical (unpaired) electrons. The number of carbonyl (C=O) groups is 1. The van der Waals surface area contributed by atoms with Gasteiger partial charge in [-0.1, -0.05) is 23.4 Å². The number of carboxylic acid groups (broad SMARTS) is 1. The molecule has 0 bridgehead atoms. The van der Waals surface area contributed by atoms with Crippen molar-refractivity contribution in [3.63, 3.8) is 0 Å². The molecule has 4 heterocycles. The maximum absolute atomic E-state index is 11.3. The molecule has 0 saturated carbocycles. The molecule has 5 rings (SSSR count). The van der Waals surface area contributed by atoms with Gasteiger partial charge in [-0.05, 0) is 43.7 Å². The van der Waals surface area contributed by atoms with Gasteiger partial charge >= 0.3 is 5.97 Å². The molecule has 1 N–H and O–H groups in total. The van der Waals surface area contributed by atoms with Crippen molar-refractivity contribution in [2.24, 2.45) is 0 Å². The predicted molar refractivity (Wildman–Crippen MR) is 127 cm³/mol. The van der Waals surface area contributed by atoms with E-state index in [1.54, 1.807) is 31.4 Å². The molecule has 0 aliphatic heterocycles. The van der Waals surface area contributed by atoms with E-state index in [1.165, 1.54) is 0 Å². The molecule has 0 aliphatic rings. The zero-order chi connectivity index (χ0) is 23.8. The minimum Gasteiger partial charge on any atom is -0.481 e. The van der Waals surface area contributed by atoms with Crippen LogP contribution in [0.3, 0.4) is 0 Å². The summed E-state index contributed by atoms with van der Waals surface area (Å²) in [5.74, 6) is 0.323. The highest BCUT2D eigenvalue weighted by Gasteiger charge is 2.18. The molecular weight excluding hydrogens is 432 g/mol. The molecule has 5 aromatic rings. The summed E-state index contributed by atoms with van der Waals surface area (Å²) in [4.78, 5) is 20.6. The molecule has 0 spiro atoms. The molecule has 170 valence electrons. The first-order valence-corrected chi connectivity index (χ1v) is 10.7. The van der Waals surface area contributed by atoms with E-state index >= 15 is 0 Å². The number of hydrogen-bond acceptors (Lipinski definition) is 6. The van der Waals surface area contributed by atoms with Crippen LogP contribution < -0.4 is 4.74 Å². The van der Waals surface area contributed by atoms with Crippen LogP contribution in [0.15, 0.2) is 65.4 Å². The minimum absolute atomic E-state index is 0.238. The van der Waals surface area contributed by atoms with E-state index in [4.69, 9.17) is 14.2 Å². The number of rotatable bonds is 6. The number of fused-ring (bicyclic) bond motifs is 1. The van der Waals surface area contributed by atoms with Crippen LogP contribution in [0.5, 0.6) is 5.88 Å². The Hall–Kier alpha value is -4.46. The monoisotopic (exact) mass is 454 g/mol. The summed E-state index contributed by atoms with van der Waals surface area (Å²) >= 11 is 0. The Balaban J connectivity index is 1.67. The molecule has 0 amide bonds. The maximum Gasteiger partial charge on any atom is 0.335 e. The van der Waals surface area contributed by atoms with Gasteiger partial charge in [0.25, 0.3) is 0 Å². The number of benzene rings is 1. The Morgan fingerprint density at radius 2 is 1.91 bits per heavy atom. The lowest BCUT2D eigenvalue weighted by Crippen LogP contribution is -2.01. The summed E-state index contributed by atoms with van der Waals surface area (Å²) in [6.07, 6.45) is 3.84. The summed E-state index contributed by atoms with van der Waals surface area (Å²) in [5, 5.41) is 13.3. The van der Waals surface area contributed by atoms with Gasteiger partial charge in [0, 0.05) is 35.2 Å². The zero-order valence-electron chi connectivity index (χ0n) is 18.9. The highest BCUT2D eigenvalue weighted by molar-refractivity contribution is 5.96. The lowest BCUT2D eigenvalue weighted by molar-refractivity contribution is 0.0697. The number of ether oxygens (including phenoxy) is 1. The fourth-order valence-corrected chi connectivity index (χ4v) is 4.17. The van der Waals surface area contributed by atoms with Crippen LogP contribution in [-0.2, 0) is 6.54 Å². The highest BCUT2D eigenvalue weighted by atomic mass is 16.5. The third kappa shape index (κ3) is 3.79. The molecule has 4 aromatic heterocycles. The summed E-state index contributed by atoms with van der Waals surface area (Å²) in [5.41, 5.74) is 7.22. The van der Waals surface area contributed by atoms with Crippen molar-refractivity contribution in [2.75, 3.05) is 7.11 Å². The van der Waals surface area contributed by atoms with Gasteiger partial charge in [-0.25, -0.2) is 9.78 Å². The number of aromatic carboxylic acids is 1. The molecule has 0 atom stereocenters. The minimum atomic E-state index is -0.958. The van der Waals surface area contributed by atoms with Gasteiger partial charge in [0.2, 0.25) is 5.88 Å². The van der Waals surface area contributed by atoms with E-state index in [2.05, 4.69) is 20.8 Å². The Kier molecular flexibility index (Phi) is 5.33. The lowest BCUT2D eigenvalue weighted by atomic mass is 10.0. The number of pyridine rings is 2. The highest BCUT2D eigenvalue weighted by Crippen LogP contribution is 2.34. The molecule has 0 fully saturated rings. The second-order valence-electron chi connectivity index (χ2n) is 8.02. The van der Waals surface area contributed by atoms with Gasteiger partial charge in [0.05, 0.1) is 41.6 Å². The number of carboxylic acids is 1. The Bertz CT molecular complexity index is 1500. The van der Waals surface area contributed by atoms with Gasteiger partial charge in [-0.3, -0.25) is 4.98 Å². The number of aromatic nitrogens is 4. The smallest absolute Gasteiger partial charge is 0.335 e. The SMILES string of the molecule is COc1cccc(Cn2cc(-c3ccc(C(=O)O)cc3)c3ncc(-c4c(C)noc4C)cc32)n1. The Labute approximate surface area is 195 Å². The van der Waals surface area contributed by atoms with E-state index in [0.29, 0.717) is 12.4 Å². The predicted octanol–water partition coefficient (Wildman–Crippen LogP) is 5.13. The van der Waals surface area contributed by atoms with Gasteiger partial charge in [-0.15, -0.1) is 0 Å². The van der Waals surface area contributed by atoms with E-state index in [1.807, 2.05) is 44.4 Å². The summed E-state index contributed by atoms with van der Waals surface area (Å²) in [6.45, 7) is 4.30. The van der Waals surface area contributed by atoms with Gasteiger partial charge in [-0.2, -0.15) is 0 Å².